The first-order chi connectivity index (χ1) is 9.20. The van der Waals surface area contributed by atoms with E-state index in [4.69, 9.17) is 4.74 Å². The number of Topliss-reactive ketones (excluding diaryl/α,β-unsaturated/α-hetero) is 1. The SMILES string of the molecule is C[C@H]1C[C@H](OC(=O)C(C)(C)C)c2cc(F)ccc2C1=O. The molecule has 3 nitrogen and oxygen atoms in total. The number of benzene rings is 1. The van der Waals surface area contributed by atoms with Gasteiger partial charge < -0.3 is 4.74 Å². The fraction of sp³-hybridized carbons (Fsp3) is 0.500. The minimum absolute atomic E-state index is 0.0249. The number of ether oxygens (including phenoxy) is 1. The standard InChI is InChI=1S/C16H19FO3/c1-9-7-13(20-15(19)16(2,3)4)12-8-10(17)5-6-11(12)14(9)18/h5-6,8-9,13H,7H2,1-4H3/t9-,13-/m0/s1. The van der Waals surface area contributed by atoms with Crippen LogP contribution in [0.4, 0.5) is 4.39 Å². The zero-order valence-electron chi connectivity index (χ0n) is 12.2. The lowest BCUT2D eigenvalue weighted by molar-refractivity contribution is -0.160. The van der Waals surface area contributed by atoms with Crippen molar-refractivity contribution in [2.24, 2.45) is 11.3 Å². The second-order valence-electron chi connectivity index (χ2n) is 6.38. The van der Waals surface area contributed by atoms with Gasteiger partial charge in [0.1, 0.15) is 11.9 Å². The van der Waals surface area contributed by atoms with Crippen molar-refractivity contribution in [2.75, 3.05) is 0 Å². The smallest absolute Gasteiger partial charge is 0.311 e. The Morgan fingerprint density at radius 2 is 2.00 bits per heavy atom. The van der Waals surface area contributed by atoms with Gasteiger partial charge in [-0.05, 0) is 45.4 Å². The molecule has 0 radical (unpaired) electrons. The summed E-state index contributed by atoms with van der Waals surface area (Å²) in [6.07, 6.45) is -0.156. The maximum atomic E-state index is 13.4. The quantitative estimate of drug-likeness (QED) is 0.736. The van der Waals surface area contributed by atoms with E-state index in [-0.39, 0.29) is 17.7 Å². The zero-order chi connectivity index (χ0) is 15.1. The molecule has 0 bridgehead atoms. The Bertz CT molecular complexity index is 557. The molecule has 0 saturated heterocycles. The number of hydrogen-bond acceptors (Lipinski definition) is 3. The van der Waals surface area contributed by atoms with Crippen LogP contribution in [0.25, 0.3) is 0 Å². The first-order valence-electron chi connectivity index (χ1n) is 6.75. The summed E-state index contributed by atoms with van der Waals surface area (Å²) in [6, 6.07) is 4.03. The van der Waals surface area contributed by atoms with Crippen LogP contribution in [0, 0.1) is 17.2 Å². The molecule has 1 aromatic rings. The second-order valence-corrected chi connectivity index (χ2v) is 6.38. The molecule has 0 unspecified atom stereocenters. The number of esters is 1. The van der Waals surface area contributed by atoms with Gasteiger partial charge in [0.25, 0.3) is 0 Å². The lowest BCUT2D eigenvalue weighted by Crippen LogP contribution is -2.30. The normalized spacial score (nSPS) is 22.4. The largest absolute Gasteiger partial charge is 0.457 e. The van der Waals surface area contributed by atoms with Gasteiger partial charge in [-0.2, -0.15) is 0 Å². The van der Waals surface area contributed by atoms with Gasteiger partial charge in [0, 0.05) is 17.0 Å². The predicted octanol–water partition coefficient (Wildman–Crippen LogP) is 3.68. The summed E-state index contributed by atoms with van der Waals surface area (Å²) in [6.45, 7) is 7.09. The molecule has 2 atom stereocenters. The molecule has 1 aliphatic carbocycles. The van der Waals surface area contributed by atoms with Crippen LogP contribution < -0.4 is 0 Å². The van der Waals surface area contributed by atoms with Crippen molar-refractivity contribution in [3.05, 3.63) is 35.1 Å². The molecule has 0 saturated carbocycles. The molecule has 20 heavy (non-hydrogen) atoms. The summed E-state index contributed by atoms with van der Waals surface area (Å²) in [5.41, 5.74) is 0.306. The van der Waals surface area contributed by atoms with E-state index in [9.17, 15) is 14.0 Å². The Balaban J connectivity index is 2.36. The fourth-order valence-corrected chi connectivity index (χ4v) is 2.26. The lowest BCUT2D eigenvalue weighted by Gasteiger charge is -2.30. The average molecular weight is 278 g/mol. The molecular weight excluding hydrogens is 259 g/mol. The van der Waals surface area contributed by atoms with Gasteiger partial charge in [-0.3, -0.25) is 9.59 Å². The molecule has 0 heterocycles. The minimum Gasteiger partial charge on any atom is -0.457 e. The molecule has 0 spiro atoms. The molecule has 1 aliphatic rings. The van der Waals surface area contributed by atoms with Gasteiger partial charge in [-0.15, -0.1) is 0 Å². The minimum atomic E-state index is -0.627. The highest BCUT2D eigenvalue weighted by atomic mass is 19.1. The number of hydrogen-bond donors (Lipinski definition) is 0. The van der Waals surface area contributed by atoms with Crippen molar-refractivity contribution in [3.8, 4) is 0 Å². The first kappa shape index (κ1) is 14.7. The van der Waals surface area contributed by atoms with Crippen LogP contribution >= 0.6 is 0 Å². The maximum Gasteiger partial charge on any atom is 0.311 e. The molecule has 0 fully saturated rings. The Kier molecular flexibility index (Phi) is 3.67. The van der Waals surface area contributed by atoms with Gasteiger partial charge in [0.2, 0.25) is 0 Å². The maximum absolute atomic E-state index is 13.4. The Morgan fingerprint density at radius 1 is 1.35 bits per heavy atom. The van der Waals surface area contributed by atoms with Crippen LogP contribution in [0.15, 0.2) is 18.2 Å². The molecule has 0 amide bonds. The highest BCUT2D eigenvalue weighted by Gasteiger charge is 2.35. The average Bonchev–Trinajstić information content (AvgIpc) is 2.34. The molecule has 1 aromatic carbocycles. The van der Waals surface area contributed by atoms with Crippen LogP contribution in [-0.4, -0.2) is 11.8 Å². The summed E-state index contributed by atoms with van der Waals surface area (Å²) in [7, 11) is 0. The Morgan fingerprint density at radius 3 is 2.60 bits per heavy atom. The zero-order valence-corrected chi connectivity index (χ0v) is 12.2. The molecule has 0 aliphatic heterocycles. The number of carbonyl (C=O) groups is 2. The molecule has 108 valence electrons. The predicted molar refractivity (Wildman–Crippen MR) is 72.8 cm³/mol. The number of fused-ring (bicyclic) bond motifs is 1. The first-order valence-corrected chi connectivity index (χ1v) is 6.75. The third-order valence-electron chi connectivity index (χ3n) is 3.50. The third-order valence-corrected chi connectivity index (χ3v) is 3.50. The van der Waals surface area contributed by atoms with Gasteiger partial charge in [0.05, 0.1) is 5.41 Å². The number of ketones is 1. The van der Waals surface area contributed by atoms with E-state index in [1.807, 2.05) is 0 Å². The number of rotatable bonds is 1. The van der Waals surface area contributed by atoms with Crippen molar-refractivity contribution in [2.45, 2.75) is 40.2 Å². The summed E-state index contributed by atoms with van der Waals surface area (Å²) in [5.74, 6) is -1.03. The van der Waals surface area contributed by atoms with Crippen molar-refractivity contribution in [1.82, 2.24) is 0 Å². The van der Waals surface area contributed by atoms with Gasteiger partial charge in [-0.1, -0.05) is 6.92 Å². The van der Waals surface area contributed by atoms with E-state index >= 15 is 0 Å². The topological polar surface area (TPSA) is 43.4 Å². The highest BCUT2D eigenvalue weighted by molar-refractivity contribution is 6.00. The van der Waals surface area contributed by atoms with Crippen molar-refractivity contribution in [1.29, 1.82) is 0 Å². The van der Waals surface area contributed by atoms with E-state index in [1.165, 1.54) is 18.2 Å². The molecule has 2 rings (SSSR count). The summed E-state index contributed by atoms with van der Waals surface area (Å²) in [5, 5.41) is 0. The van der Waals surface area contributed by atoms with E-state index in [0.29, 0.717) is 17.5 Å². The summed E-state index contributed by atoms with van der Waals surface area (Å²) in [4.78, 5) is 24.1. The van der Waals surface area contributed by atoms with Crippen molar-refractivity contribution >= 4 is 11.8 Å². The monoisotopic (exact) mass is 278 g/mol. The van der Waals surface area contributed by atoms with E-state index in [1.54, 1.807) is 27.7 Å². The third kappa shape index (κ3) is 2.74. The second kappa shape index (κ2) is 5.00. The van der Waals surface area contributed by atoms with E-state index in [0.717, 1.165) is 0 Å². The van der Waals surface area contributed by atoms with Gasteiger partial charge in [-0.25, -0.2) is 4.39 Å². The van der Waals surface area contributed by atoms with Crippen molar-refractivity contribution < 1.29 is 18.7 Å². The van der Waals surface area contributed by atoms with Crippen molar-refractivity contribution in [3.63, 3.8) is 0 Å². The Labute approximate surface area is 118 Å². The fourth-order valence-electron chi connectivity index (χ4n) is 2.26. The van der Waals surface area contributed by atoms with Crippen LogP contribution in [-0.2, 0) is 9.53 Å². The molecule has 4 heteroatoms. The molecule has 0 aromatic heterocycles. The molecule has 0 N–H and O–H groups in total. The lowest BCUT2D eigenvalue weighted by atomic mass is 9.81. The van der Waals surface area contributed by atoms with Crippen LogP contribution in [0.2, 0.25) is 0 Å². The summed E-state index contributed by atoms with van der Waals surface area (Å²) >= 11 is 0. The highest BCUT2D eigenvalue weighted by Crippen LogP contribution is 2.37. The van der Waals surface area contributed by atoms with Crippen LogP contribution in [0.5, 0.6) is 0 Å². The number of carbonyl (C=O) groups excluding carboxylic acids is 2. The summed E-state index contributed by atoms with van der Waals surface area (Å²) < 4.78 is 18.9. The van der Waals surface area contributed by atoms with Gasteiger partial charge in [0.15, 0.2) is 5.78 Å². The van der Waals surface area contributed by atoms with Crippen LogP contribution in [0.1, 0.15) is 56.1 Å². The van der Waals surface area contributed by atoms with E-state index < -0.39 is 17.3 Å². The molecular formula is C16H19FO3. The van der Waals surface area contributed by atoms with Crippen LogP contribution in [0.3, 0.4) is 0 Å². The number of halogens is 1. The Hall–Kier alpha value is -1.71. The van der Waals surface area contributed by atoms with E-state index in [2.05, 4.69) is 0 Å². The van der Waals surface area contributed by atoms with Gasteiger partial charge >= 0.3 is 5.97 Å².